The van der Waals surface area contributed by atoms with Crippen LogP contribution in [0.5, 0.6) is 0 Å². The second kappa shape index (κ2) is 9.65. The zero-order valence-corrected chi connectivity index (χ0v) is 22.3. The van der Waals surface area contributed by atoms with Crippen molar-refractivity contribution >= 4 is 40.0 Å². The Bertz CT molecular complexity index is 1330. The van der Waals surface area contributed by atoms with E-state index in [0.29, 0.717) is 16.2 Å². The number of hydrogen-bond acceptors (Lipinski definition) is 6. The maximum absolute atomic E-state index is 13.1. The molecule has 2 aromatic heterocycles. The molecule has 2 bridgehead atoms. The summed E-state index contributed by atoms with van der Waals surface area (Å²) in [6, 6.07) is 8.59. The van der Waals surface area contributed by atoms with E-state index in [0.717, 1.165) is 49.7 Å². The lowest BCUT2D eigenvalue weighted by atomic mass is 9.87. The number of nitrogens with one attached hydrogen (secondary N) is 3. The fourth-order valence-electron chi connectivity index (χ4n) is 6.02. The highest BCUT2D eigenvalue weighted by atomic mass is 35.5. The average Bonchev–Trinajstić information content (AvgIpc) is 3.61. The van der Waals surface area contributed by atoms with E-state index in [1.807, 2.05) is 13.8 Å². The molecule has 0 spiro atoms. The molecule has 3 aromatic rings. The lowest BCUT2D eigenvalue weighted by Gasteiger charge is -2.34. The predicted octanol–water partition coefficient (Wildman–Crippen LogP) is 4.16. The van der Waals surface area contributed by atoms with Crippen LogP contribution in [-0.4, -0.2) is 71.1 Å². The van der Waals surface area contributed by atoms with Crippen LogP contribution >= 0.6 is 11.6 Å². The number of fused-ring (bicyclic) bond motifs is 3. The summed E-state index contributed by atoms with van der Waals surface area (Å²) in [4.78, 5) is 30.6. The van der Waals surface area contributed by atoms with Crippen LogP contribution in [0.4, 0.5) is 11.4 Å². The highest BCUT2D eigenvalue weighted by Gasteiger charge is 2.48. The lowest BCUT2D eigenvalue weighted by Crippen LogP contribution is -2.45. The van der Waals surface area contributed by atoms with Crippen molar-refractivity contribution < 1.29 is 4.79 Å². The molecule has 37 heavy (non-hydrogen) atoms. The Morgan fingerprint density at radius 1 is 1.11 bits per heavy atom. The minimum atomic E-state index is -0.141. The zero-order chi connectivity index (χ0) is 25.7. The fourth-order valence-corrected chi connectivity index (χ4v) is 6.22. The summed E-state index contributed by atoms with van der Waals surface area (Å²) in [6.07, 6.45) is 7.05. The smallest absolute Gasteiger partial charge is 0.225 e. The van der Waals surface area contributed by atoms with Gasteiger partial charge in [-0.15, -0.1) is 0 Å². The number of benzene rings is 1. The Morgan fingerprint density at radius 3 is 2.57 bits per heavy atom. The number of anilines is 2. The van der Waals surface area contributed by atoms with Crippen LogP contribution in [0.15, 0.2) is 42.6 Å². The first-order valence-electron chi connectivity index (χ1n) is 13.2. The van der Waals surface area contributed by atoms with Gasteiger partial charge in [0.2, 0.25) is 5.91 Å². The van der Waals surface area contributed by atoms with Gasteiger partial charge in [-0.1, -0.05) is 23.8 Å². The van der Waals surface area contributed by atoms with Crippen LogP contribution in [0.3, 0.4) is 0 Å². The molecule has 1 aliphatic heterocycles. The zero-order valence-electron chi connectivity index (χ0n) is 21.5. The number of H-pyrrole nitrogens is 1. The number of aromatic amines is 1. The minimum absolute atomic E-state index is 0.0418. The maximum Gasteiger partial charge on any atom is 0.225 e. The molecule has 3 N–H and O–H groups in total. The monoisotopic (exact) mass is 519 g/mol. The van der Waals surface area contributed by atoms with Crippen molar-refractivity contribution in [3.63, 3.8) is 0 Å². The summed E-state index contributed by atoms with van der Waals surface area (Å²) in [5.74, 6) is 1.23. The van der Waals surface area contributed by atoms with Crippen molar-refractivity contribution in [2.45, 2.75) is 32.4 Å². The molecule has 1 aromatic carbocycles. The van der Waals surface area contributed by atoms with Gasteiger partial charge in [0, 0.05) is 49.5 Å². The van der Waals surface area contributed by atoms with Gasteiger partial charge in [-0.2, -0.15) is 0 Å². The topological polar surface area (TPSA) is 89.2 Å². The van der Waals surface area contributed by atoms with Crippen molar-refractivity contribution in [2.24, 2.45) is 17.8 Å². The number of carbonyl (C=O) groups excluding carboxylic acids is 1. The lowest BCUT2D eigenvalue weighted by molar-refractivity contribution is -0.126. The highest BCUT2D eigenvalue weighted by molar-refractivity contribution is 6.34. The molecule has 9 heteroatoms. The third-order valence-corrected chi connectivity index (χ3v) is 8.27. The standard InChI is InChI=1S/C28H34ClN7O/c1-16(2)31-28(37)22-18-4-5-19(14-18)23(22)32-24-21(29)15-30-27-25(24)33-26(34-27)17-6-8-20(9-7-17)36-12-10-35(3)11-13-36/h4-9,15-16,18-19,22-23H,10-14H2,1-3H3,(H,31,37)(H2,30,32,33,34)/t18-,19+,22+,23-/m1/s1. The van der Waals surface area contributed by atoms with Gasteiger partial charge < -0.3 is 25.4 Å². The van der Waals surface area contributed by atoms with Gasteiger partial charge >= 0.3 is 0 Å². The molecule has 194 valence electrons. The van der Waals surface area contributed by atoms with Crippen LogP contribution in [0.1, 0.15) is 20.3 Å². The van der Waals surface area contributed by atoms with E-state index in [4.69, 9.17) is 16.6 Å². The number of likely N-dealkylation sites (N-methyl/N-ethyl adjacent to an activating group) is 1. The van der Waals surface area contributed by atoms with Gasteiger partial charge in [-0.05, 0) is 63.4 Å². The number of rotatable bonds is 6. The maximum atomic E-state index is 13.1. The molecule has 8 nitrogen and oxygen atoms in total. The van der Waals surface area contributed by atoms with Crippen molar-refractivity contribution in [3.05, 3.63) is 47.6 Å². The predicted molar refractivity (Wildman–Crippen MR) is 149 cm³/mol. The number of nitrogens with zero attached hydrogens (tertiary/aromatic N) is 4. The van der Waals surface area contributed by atoms with Crippen LogP contribution in [-0.2, 0) is 4.79 Å². The van der Waals surface area contributed by atoms with E-state index < -0.39 is 0 Å². The molecule has 1 amide bonds. The summed E-state index contributed by atoms with van der Waals surface area (Å²) >= 11 is 6.66. The summed E-state index contributed by atoms with van der Waals surface area (Å²) in [5.41, 5.74) is 4.32. The largest absolute Gasteiger partial charge is 0.378 e. The van der Waals surface area contributed by atoms with Crippen LogP contribution in [0, 0.1) is 17.8 Å². The van der Waals surface area contributed by atoms with Crippen molar-refractivity contribution in [1.29, 1.82) is 0 Å². The van der Waals surface area contributed by atoms with E-state index in [2.05, 4.69) is 73.9 Å². The summed E-state index contributed by atoms with van der Waals surface area (Å²) in [7, 11) is 2.17. The first-order chi connectivity index (χ1) is 17.9. The Balaban J connectivity index is 1.27. The number of amides is 1. The average molecular weight is 520 g/mol. The molecule has 0 radical (unpaired) electrons. The van der Waals surface area contributed by atoms with Crippen molar-refractivity contribution in [3.8, 4) is 11.4 Å². The van der Waals surface area contributed by atoms with E-state index in [9.17, 15) is 4.79 Å². The first kappa shape index (κ1) is 24.2. The molecule has 1 saturated heterocycles. The molecule has 1 saturated carbocycles. The van der Waals surface area contributed by atoms with Crippen LogP contribution in [0.25, 0.3) is 22.6 Å². The highest BCUT2D eigenvalue weighted by Crippen LogP contribution is 2.46. The number of allylic oxidation sites excluding steroid dienone is 1. The van der Waals surface area contributed by atoms with Gasteiger partial charge in [-0.3, -0.25) is 4.79 Å². The van der Waals surface area contributed by atoms with E-state index in [1.165, 1.54) is 5.69 Å². The Morgan fingerprint density at radius 2 is 1.84 bits per heavy atom. The SMILES string of the molecule is CC(C)NC(=O)[C@@H]1[C@H](Nc2c(Cl)cnc3[nH]c(-c4ccc(N5CCN(C)CC5)cc4)nc23)[C@H]2C=C[C@@H]1C2. The summed E-state index contributed by atoms with van der Waals surface area (Å²) in [6.45, 7) is 8.21. The molecule has 3 heterocycles. The van der Waals surface area contributed by atoms with Crippen molar-refractivity contribution in [1.82, 2.24) is 25.2 Å². The molecular weight excluding hydrogens is 486 g/mol. The third kappa shape index (κ3) is 4.57. The Hall–Kier alpha value is -3.10. The second-order valence-corrected chi connectivity index (χ2v) is 11.3. The normalized spacial score (nSPS) is 25.4. The summed E-state index contributed by atoms with van der Waals surface area (Å²) < 4.78 is 0. The first-order valence-corrected chi connectivity index (χ1v) is 13.6. The van der Waals surface area contributed by atoms with Gasteiger partial charge in [0.05, 0.1) is 22.8 Å². The Labute approximate surface area is 222 Å². The fraction of sp³-hybridized carbons (Fsp3) is 0.464. The number of halogens is 1. The molecule has 4 atom stereocenters. The van der Waals surface area contributed by atoms with Gasteiger partial charge in [0.15, 0.2) is 5.65 Å². The van der Waals surface area contributed by atoms with E-state index in [-0.39, 0.29) is 35.7 Å². The number of hydrogen-bond donors (Lipinski definition) is 3. The van der Waals surface area contributed by atoms with Gasteiger partial charge in [-0.25, -0.2) is 9.97 Å². The minimum Gasteiger partial charge on any atom is -0.378 e. The molecule has 2 fully saturated rings. The number of aromatic nitrogens is 3. The van der Waals surface area contributed by atoms with Crippen LogP contribution in [0.2, 0.25) is 5.02 Å². The second-order valence-electron chi connectivity index (χ2n) is 10.9. The number of imidazole rings is 1. The number of carbonyl (C=O) groups is 1. The quantitative estimate of drug-likeness (QED) is 0.424. The molecule has 3 aliphatic rings. The number of piperazine rings is 1. The molecule has 2 aliphatic carbocycles. The molecule has 0 unspecified atom stereocenters. The van der Waals surface area contributed by atoms with Gasteiger partial charge in [0.1, 0.15) is 11.3 Å². The Kier molecular flexibility index (Phi) is 6.32. The molecular formula is C28H34ClN7O. The molecule has 6 rings (SSSR count). The van der Waals surface area contributed by atoms with Gasteiger partial charge in [0.25, 0.3) is 0 Å². The van der Waals surface area contributed by atoms with E-state index in [1.54, 1.807) is 6.20 Å². The third-order valence-electron chi connectivity index (χ3n) is 7.98. The summed E-state index contributed by atoms with van der Waals surface area (Å²) in [5, 5.41) is 7.24. The van der Waals surface area contributed by atoms with E-state index >= 15 is 0 Å². The van der Waals surface area contributed by atoms with Crippen molar-refractivity contribution in [2.75, 3.05) is 43.4 Å². The van der Waals surface area contributed by atoms with Crippen LogP contribution < -0.4 is 15.5 Å². The number of pyridine rings is 1.